The Balaban J connectivity index is 1.66. The fraction of sp³-hybridized carbons (Fsp3) is 0.409. The Bertz CT molecular complexity index is 1080. The van der Waals surface area contributed by atoms with Gasteiger partial charge in [0.1, 0.15) is 0 Å². The number of rotatable bonds is 9. The standard InChI is InChI=1S/C22H28N2O8S/c1-24(33(26,27)16-6-7-17-18(12-16)32-9-5-8-31-17)14-21(25)23-13-15-10-19(28-2)22(30-4)20(11-15)29-3/h6-7,10-12H,5,8-9,13-14H2,1-4H3,(H,23,25). The van der Waals surface area contributed by atoms with E-state index in [1.165, 1.54) is 40.5 Å². The molecule has 0 spiro atoms. The molecule has 0 bridgehead atoms. The van der Waals surface area contributed by atoms with Gasteiger partial charge in [0.15, 0.2) is 23.0 Å². The van der Waals surface area contributed by atoms with Crippen molar-refractivity contribution >= 4 is 15.9 Å². The Kier molecular flexibility index (Phi) is 7.88. The number of carbonyl (C=O) groups excluding carboxylic acids is 1. The Morgan fingerprint density at radius 1 is 1.00 bits per heavy atom. The van der Waals surface area contributed by atoms with E-state index in [-0.39, 0.29) is 18.0 Å². The van der Waals surface area contributed by atoms with Crippen LogP contribution >= 0.6 is 0 Å². The molecular weight excluding hydrogens is 452 g/mol. The topological polar surface area (TPSA) is 113 Å². The van der Waals surface area contributed by atoms with Crippen LogP contribution in [0.3, 0.4) is 0 Å². The summed E-state index contributed by atoms with van der Waals surface area (Å²) in [6, 6.07) is 7.83. The molecule has 0 radical (unpaired) electrons. The molecule has 180 valence electrons. The number of hydrogen-bond acceptors (Lipinski definition) is 8. The van der Waals surface area contributed by atoms with Crippen LogP contribution in [0.4, 0.5) is 0 Å². The number of amides is 1. The average Bonchev–Trinajstić information content (AvgIpc) is 3.06. The van der Waals surface area contributed by atoms with Gasteiger partial charge in [0.25, 0.3) is 0 Å². The summed E-state index contributed by atoms with van der Waals surface area (Å²) in [6.07, 6.45) is 0.711. The predicted molar refractivity (Wildman–Crippen MR) is 120 cm³/mol. The molecule has 33 heavy (non-hydrogen) atoms. The summed E-state index contributed by atoms with van der Waals surface area (Å²) in [5.74, 6) is 1.75. The Morgan fingerprint density at radius 3 is 2.24 bits per heavy atom. The van der Waals surface area contributed by atoms with Crippen LogP contribution in [0.25, 0.3) is 0 Å². The van der Waals surface area contributed by atoms with Gasteiger partial charge in [0.2, 0.25) is 21.7 Å². The number of likely N-dealkylation sites (N-methyl/N-ethyl adjacent to an activating group) is 1. The van der Waals surface area contributed by atoms with Gasteiger partial charge in [0.05, 0.1) is 46.0 Å². The fourth-order valence-electron chi connectivity index (χ4n) is 3.27. The van der Waals surface area contributed by atoms with Crippen LogP contribution < -0.4 is 29.0 Å². The normalized spacial score (nSPS) is 13.2. The molecule has 2 aromatic rings. The maximum atomic E-state index is 13.0. The first-order valence-electron chi connectivity index (χ1n) is 10.2. The highest BCUT2D eigenvalue weighted by atomic mass is 32.2. The van der Waals surface area contributed by atoms with Gasteiger partial charge in [-0.05, 0) is 29.8 Å². The lowest BCUT2D eigenvalue weighted by Gasteiger charge is -2.18. The molecule has 0 fully saturated rings. The first-order chi connectivity index (χ1) is 15.8. The molecule has 2 aromatic carbocycles. The number of fused-ring (bicyclic) bond motifs is 1. The van der Waals surface area contributed by atoms with Crippen molar-refractivity contribution in [3.8, 4) is 28.7 Å². The van der Waals surface area contributed by atoms with Gasteiger partial charge in [-0.2, -0.15) is 4.31 Å². The quantitative estimate of drug-likeness (QED) is 0.578. The van der Waals surface area contributed by atoms with Gasteiger partial charge in [-0.1, -0.05) is 0 Å². The highest BCUT2D eigenvalue weighted by molar-refractivity contribution is 7.89. The number of hydrogen-bond donors (Lipinski definition) is 1. The maximum absolute atomic E-state index is 13.0. The molecule has 1 aliphatic heterocycles. The van der Waals surface area contributed by atoms with Crippen LogP contribution in [0.2, 0.25) is 0 Å². The van der Waals surface area contributed by atoms with Crippen LogP contribution in [0.15, 0.2) is 35.2 Å². The second-order valence-electron chi connectivity index (χ2n) is 7.23. The SMILES string of the molecule is COc1cc(CNC(=O)CN(C)S(=O)(=O)c2ccc3c(c2)OCCCO3)cc(OC)c1OC. The van der Waals surface area contributed by atoms with E-state index in [0.717, 1.165) is 4.31 Å². The molecule has 1 N–H and O–H groups in total. The van der Waals surface area contributed by atoms with Crippen molar-refractivity contribution in [2.24, 2.45) is 0 Å². The van der Waals surface area contributed by atoms with Gasteiger partial charge in [-0.25, -0.2) is 8.42 Å². The molecule has 1 aliphatic rings. The number of carbonyl (C=O) groups is 1. The van der Waals surface area contributed by atoms with Crippen molar-refractivity contribution in [3.63, 3.8) is 0 Å². The summed E-state index contributed by atoms with van der Waals surface area (Å²) >= 11 is 0. The lowest BCUT2D eigenvalue weighted by atomic mass is 10.1. The van der Waals surface area contributed by atoms with E-state index < -0.39 is 15.9 Å². The summed E-state index contributed by atoms with van der Waals surface area (Å²) in [6.45, 7) is 0.732. The fourth-order valence-corrected chi connectivity index (χ4v) is 4.41. The first kappa shape index (κ1) is 24.5. The van der Waals surface area contributed by atoms with Crippen molar-refractivity contribution in [3.05, 3.63) is 35.9 Å². The monoisotopic (exact) mass is 480 g/mol. The molecular formula is C22H28N2O8S. The van der Waals surface area contributed by atoms with Crippen molar-refractivity contribution in [2.75, 3.05) is 48.1 Å². The number of sulfonamides is 1. The largest absolute Gasteiger partial charge is 0.493 e. The predicted octanol–water partition coefficient (Wildman–Crippen LogP) is 1.81. The zero-order chi connectivity index (χ0) is 24.0. The van der Waals surface area contributed by atoms with Crippen molar-refractivity contribution in [1.82, 2.24) is 9.62 Å². The van der Waals surface area contributed by atoms with E-state index in [0.29, 0.717) is 53.9 Å². The summed E-state index contributed by atoms with van der Waals surface area (Å²) < 4.78 is 53.9. The zero-order valence-corrected chi connectivity index (χ0v) is 19.9. The molecule has 1 heterocycles. The van der Waals surface area contributed by atoms with E-state index in [2.05, 4.69) is 5.32 Å². The summed E-state index contributed by atoms with van der Waals surface area (Å²) in [5.41, 5.74) is 0.700. The summed E-state index contributed by atoms with van der Waals surface area (Å²) in [7, 11) is 1.93. The van der Waals surface area contributed by atoms with Crippen molar-refractivity contribution in [2.45, 2.75) is 17.9 Å². The highest BCUT2D eigenvalue weighted by Gasteiger charge is 2.25. The van der Waals surface area contributed by atoms with Gasteiger partial charge < -0.3 is 29.0 Å². The van der Waals surface area contributed by atoms with Crippen LogP contribution in [0, 0.1) is 0 Å². The van der Waals surface area contributed by atoms with Crippen LogP contribution in [0.5, 0.6) is 28.7 Å². The average molecular weight is 481 g/mol. The second kappa shape index (κ2) is 10.6. The minimum Gasteiger partial charge on any atom is -0.493 e. The van der Waals surface area contributed by atoms with Crippen LogP contribution in [-0.4, -0.2) is 66.8 Å². The molecule has 0 saturated heterocycles. The van der Waals surface area contributed by atoms with E-state index in [1.807, 2.05) is 0 Å². The third kappa shape index (κ3) is 5.60. The number of benzene rings is 2. The number of nitrogens with zero attached hydrogens (tertiary/aromatic N) is 1. The van der Waals surface area contributed by atoms with Gasteiger partial charge >= 0.3 is 0 Å². The van der Waals surface area contributed by atoms with E-state index in [4.69, 9.17) is 23.7 Å². The molecule has 0 aromatic heterocycles. The van der Waals surface area contributed by atoms with Crippen molar-refractivity contribution in [1.29, 1.82) is 0 Å². The number of nitrogens with one attached hydrogen (secondary N) is 1. The van der Waals surface area contributed by atoms with Crippen LogP contribution in [0.1, 0.15) is 12.0 Å². The van der Waals surface area contributed by atoms with E-state index in [9.17, 15) is 13.2 Å². The van der Waals surface area contributed by atoms with Gasteiger partial charge in [-0.15, -0.1) is 0 Å². The number of ether oxygens (including phenoxy) is 5. The lowest BCUT2D eigenvalue weighted by molar-refractivity contribution is -0.121. The molecule has 1 amide bonds. The zero-order valence-electron chi connectivity index (χ0n) is 19.0. The third-order valence-corrected chi connectivity index (χ3v) is 6.81. The minimum absolute atomic E-state index is 0.0201. The first-order valence-corrected chi connectivity index (χ1v) is 11.7. The van der Waals surface area contributed by atoms with Gasteiger partial charge in [-0.3, -0.25) is 4.79 Å². The molecule has 3 rings (SSSR count). The third-order valence-electron chi connectivity index (χ3n) is 5.01. The molecule has 0 unspecified atom stereocenters. The van der Waals surface area contributed by atoms with Gasteiger partial charge in [0, 0.05) is 26.1 Å². The summed E-state index contributed by atoms with van der Waals surface area (Å²) in [4.78, 5) is 12.5. The maximum Gasteiger partial charge on any atom is 0.243 e. The molecule has 10 nitrogen and oxygen atoms in total. The Hall–Kier alpha value is -3.18. The van der Waals surface area contributed by atoms with Crippen LogP contribution in [-0.2, 0) is 21.4 Å². The minimum atomic E-state index is -3.91. The molecule has 0 atom stereocenters. The molecule has 0 aliphatic carbocycles. The smallest absolute Gasteiger partial charge is 0.243 e. The van der Waals surface area contributed by atoms with E-state index >= 15 is 0 Å². The lowest BCUT2D eigenvalue weighted by Crippen LogP contribution is -2.38. The summed E-state index contributed by atoms with van der Waals surface area (Å²) in [5, 5.41) is 2.71. The highest BCUT2D eigenvalue weighted by Crippen LogP contribution is 2.38. The van der Waals surface area contributed by atoms with Crippen molar-refractivity contribution < 1.29 is 36.9 Å². The molecule has 0 saturated carbocycles. The van der Waals surface area contributed by atoms with E-state index in [1.54, 1.807) is 18.2 Å². The Labute approximate surface area is 193 Å². The molecule has 11 heteroatoms. The Morgan fingerprint density at radius 2 is 1.64 bits per heavy atom. The second-order valence-corrected chi connectivity index (χ2v) is 9.28. The number of methoxy groups -OCH3 is 3.